The molecule has 0 aliphatic carbocycles. The van der Waals surface area contributed by atoms with Gasteiger partial charge in [0, 0.05) is 31.9 Å². The second kappa shape index (κ2) is 26.6. The first kappa shape index (κ1) is 54.0. The molecule has 0 aromatic carbocycles. The smallest absolute Gasteiger partial charge is 0.388 e. The number of pyridine rings is 2. The molecule has 0 saturated carbocycles. The van der Waals surface area contributed by atoms with Gasteiger partial charge in [0.2, 0.25) is 11.8 Å². The van der Waals surface area contributed by atoms with E-state index in [0.717, 1.165) is 24.3 Å². The fourth-order valence-electron chi connectivity index (χ4n) is 6.40. The quantitative estimate of drug-likeness (QED) is 0.0492. The first-order chi connectivity index (χ1) is 30.9. The van der Waals surface area contributed by atoms with Crippen LogP contribution in [0.2, 0.25) is 0 Å². The number of anilines is 2. The molecule has 2 aliphatic heterocycles. The van der Waals surface area contributed by atoms with Gasteiger partial charge in [-0.1, -0.05) is 13.8 Å². The van der Waals surface area contributed by atoms with Crippen LogP contribution in [0.1, 0.15) is 31.4 Å². The van der Waals surface area contributed by atoms with Crippen molar-refractivity contribution in [3.05, 3.63) is 47.8 Å². The number of halogens is 6. The Morgan fingerprint density at radius 1 is 0.708 bits per heavy atom. The number of hydrogen-bond donors (Lipinski definition) is 8. The molecule has 9 atom stereocenters. The molecule has 2 saturated heterocycles. The van der Waals surface area contributed by atoms with Gasteiger partial charge in [-0.05, 0) is 35.9 Å². The van der Waals surface area contributed by atoms with E-state index < -0.39 is 89.1 Å². The predicted octanol–water partition coefficient (Wildman–Crippen LogP) is 1.46. The second-order valence-electron chi connectivity index (χ2n) is 15.4. The fourth-order valence-corrected chi connectivity index (χ4v) is 7.52. The zero-order chi connectivity index (χ0) is 47.6. The van der Waals surface area contributed by atoms with Gasteiger partial charge in [-0.2, -0.15) is 26.3 Å². The summed E-state index contributed by atoms with van der Waals surface area (Å²) in [6.07, 6.45) is -14.9. The van der Waals surface area contributed by atoms with E-state index in [4.69, 9.17) is 28.4 Å². The first-order valence-corrected chi connectivity index (χ1v) is 21.9. The number of aromatic nitrogens is 2. The molecule has 2 aromatic rings. The summed E-state index contributed by atoms with van der Waals surface area (Å²) in [5.41, 5.74) is -2.04. The number of aliphatic hydroxyl groups is 4. The molecule has 2 fully saturated rings. The molecule has 7 unspecified atom stereocenters. The van der Waals surface area contributed by atoms with Crippen LogP contribution in [0.15, 0.2) is 36.7 Å². The fraction of sp³-hybridized carbons (Fsp3) is 0.700. The highest BCUT2D eigenvalue weighted by atomic mass is 32.2. The Morgan fingerprint density at radius 3 is 1.60 bits per heavy atom. The Labute approximate surface area is 375 Å². The van der Waals surface area contributed by atoms with Gasteiger partial charge < -0.3 is 70.1 Å². The minimum atomic E-state index is -4.68. The number of nitrogens with zero attached hydrogens (tertiary/aromatic N) is 2. The molecule has 25 heteroatoms. The number of thioether (sulfide) groups is 1. The Bertz CT molecular complexity index is 1740. The number of carbonyl (C=O) groups excluding carboxylic acids is 2. The van der Waals surface area contributed by atoms with Gasteiger partial charge in [0.05, 0.1) is 94.5 Å². The zero-order valence-electron chi connectivity index (χ0n) is 35.8. The number of amides is 2. The van der Waals surface area contributed by atoms with E-state index in [2.05, 4.69) is 31.2 Å². The molecule has 65 heavy (non-hydrogen) atoms. The van der Waals surface area contributed by atoms with Crippen LogP contribution in [0.4, 0.5) is 38.0 Å². The van der Waals surface area contributed by atoms with Gasteiger partial charge in [0.15, 0.2) is 0 Å². The number of carbonyl (C=O) groups is 2. The van der Waals surface area contributed by atoms with Crippen molar-refractivity contribution >= 4 is 35.2 Å². The van der Waals surface area contributed by atoms with E-state index in [1.165, 1.54) is 24.2 Å². The molecule has 4 rings (SSSR count). The molecule has 4 heterocycles. The number of nitrogens with one attached hydrogen (secondary N) is 4. The average molecular weight is 961 g/mol. The van der Waals surface area contributed by atoms with Gasteiger partial charge in [-0.25, -0.2) is 9.97 Å². The maximum absolute atomic E-state index is 13.3. The van der Waals surface area contributed by atoms with Crippen LogP contribution in [0.3, 0.4) is 0 Å². The Kier molecular flexibility index (Phi) is 22.1. The summed E-state index contributed by atoms with van der Waals surface area (Å²) in [4.78, 5) is 33.1. The summed E-state index contributed by atoms with van der Waals surface area (Å²) >= 11 is 1.35. The van der Waals surface area contributed by atoms with E-state index in [9.17, 15) is 56.4 Å². The van der Waals surface area contributed by atoms with E-state index in [0.29, 0.717) is 5.75 Å². The molecule has 8 N–H and O–H groups in total. The summed E-state index contributed by atoms with van der Waals surface area (Å²) in [5.74, 6) is -0.811. The third-order valence-corrected chi connectivity index (χ3v) is 11.5. The van der Waals surface area contributed by atoms with Crippen molar-refractivity contribution in [3.63, 3.8) is 0 Å². The van der Waals surface area contributed by atoms with Crippen LogP contribution in [0.5, 0.6) is 0 Å². The van der Waals surface area contributed by atoms with Gasteiger partial charge in [-0.3, -0.25) is 9.59 Å². The van der Waals surface area contributed by atoms with E-state index in [-0.39, 0.29) is 103 Å². The summed E-state index contributed by atoms with van der Waals surface area (Å²) in [6, 6.07) is 1.84. The molecule has 18 nitrogen and oxygen atoms in total. The van der Waals surface area contributed by atoms with E-state index in [1.807, 2.05) is 13.8 Å². The number of ether oxygens (including phenoxy) is 6. The SMILES string of the molecule is CC(C)CSC(CC(=O)NCCOCCOCC1OC[C@@H](Nc2ncccc2C(F)(F)F)C(O)C1O)C(=O)NCCOCCOCC1OC[C@@H](Nc2ncccc2C(F)(F)F)C(O)C1O. The molecule has 2 aromatic heterocycles. The number of alkyl halides is 6. The highest BCUT2D eigenvalue weighted by Gasteiger charge is 2.42. The lowest BCUT2D eigenvalue weighted by atomic mass is 9.98. The van der Waals surface area contributed by atoms with Crippen molar-refractivity contribution in [2.45, 2.75) is 86.6 Å². The van der Waals surface area contributed by atoms with Crippen molar-refractivity contribution in [2.75, 3.05) is 95.5 Å². The topological polar surface area (TPSA) is 244 Å². The van der Waals surface area contributed by atoms with Crippen molar-refractivity contribution in [1.82, 2.24) is 20.6 Å². The van der Waals surface area contributed by atoms with Crippen molar-refractivity contribution in [3.8, 4) is 0 Å². The Balaban J connectivity index is 1.03. The van der Waals surface area contributed by atoms with Crippen molar-refractivity contribution in [1.29, 1.82) is 0 Å². The Hall–Kier alpha value is -3.63. The molecule has 2 amide bonds. The summed E-state index contributed by atoms with van der Waals surface area (Å²) in [6.45, 7) is 4.20. The van der Waals surface area contributed by atoms with Gasteiger partial charge in [-0.15, -0.1) is 11.8 Å². The molecule has 0 radical (unpaired) electrons. The number of aliphatic hydroxyl groups excluding tert-OH is 4. The summed E-state index contributed by atoms with van der Waals surface area (Å²) in [7, 11) is 0. The largest absolute Gasteiger partial charge is 0.419 e. The zero-order valence-corrected chi connectivity index (χ0v) is 36.6. The minimum Gasteiger partial charge on any atom is -0.388 e. The second-order valence-corrected chi connectivity index (χ2v) is 16.7. The van der Waals surface area contributed by atoms with Gasteiger partial charge in [0.1, 0.15) is 48.3 Å². The summed E-state index contributed by atoms with van der Waals surface area (Å²) < 4.78 is 113. The monoisotopic (exact) mass is 960 g/mol. The van der Waals surface area contributed by atoms with Crippen LogP contribution in [-0.4, -0.2) is 181 Å². The summed E-state index contributed by atoms with van der Waals surface area (Å²) in [5, 5.41) is 51.9. The predicted molar refractivity (Wildman–Crippen MR) is 222 cm³/mol. The highest BCUT2D eigenvalue weighted by Crippen LogP contribution is 2.35. The van der Waals surface area contributed by atoms with Crippen molar-refractivity contribution < 1.29 is 84.8 Å². The van der Waals surface area contributed by atoms with E-state index in [1.54, 1.807) is 0 Å². The van der Waals surface area contributed by atoms with E-state index >= 15 is 0 Å². The molecule has 368 valence electrons. The maximum atomic E-state index is 13.3. The standard InChI is InChI=1S/C40H58F6N6O12S/c1-23(2)22-65-30(38(58)50-10-12-60-14-16-62-21-29-35(57)33(55)27(19-64-29)52-37-25(40(44,45)46)6-4-8-49-37)17-31(53)47-9-11-59-13-15-61-20-28-34(56)32(54)26(18-63-28)51-36-24(39(41,42)43)5-3-7-48-36/h3-8,23,26-30,32-35,54-57H,9-22H2,1-2H3,(H,47,53)(H,48,51)(H,49,52)(H,50,58)/t26-,27-,28?,29?,30?,32?,33?,34?,35?/m1/s1. The van der Waals surface area contributed by atoms with Crippen LogP contribution < -0.4 is 21.3 Å². The molecular formula is C40H58F6N6O12S. The van der Waals surface area contributed by atoms with Gasteiger partial charge >= 0.3 is 12.4 Å². The highest BCUT2D eigenvalue weighted by molar-refractivity contribution is 8.00. The molecular weight excluding hydrogens is 903 g/mol. The van der Waals surface area contributed by atoms with Crippen LogP contribution >= 0.6 is 11.8 Å². The van der Waals surface area contributed by atoms with Gasteiger partial charge in [0.25, 0.3) is 0 Å². The van der Waals surface area contributed by atoms with Crippen LogP contribution in [0, 0.1) is 5.92 Å². The molecule has 0 spiro atoms. The van der Waals surface area contributed by atoms with Crippen molar-refractivity contribution in [2.24, 2.45) is 5.92 Å². The third-order valence-electron chi connectivity index (χ3n) is 9.85. The third kappa shape index (κ3) is 17.8. The normalized spacial score (nSPS) is 24.4. The lowest BCUT2D eigenvalue weighted by Gasteiger charge is -2.38. The lowest BCUT2D eigenvalue weighted by molar-refractivity contribution is -0.161. The molecule has 0 bridgehead atoms. The number of rotatable bonds is 26. The van der Waals surface area contributed by atoms with Crippen LogP contribution in [-0.2, 0) is 50.4 Å². The lowest BCUT2D eigenvalue weighted by Crippen LogP contribution is -2.57. The average Bonchev–Trinajstić information content (AvgIpc) is 3.25. The Morgan fingerprint density at radius 2 is 1.15 bits per heavy atom. The van der Waals surface area contributed by atoms with Crippen LogP contribution in [0.25, 0.3) is 0 Å². The first-order valence-electron chi connectivity index (χ1n) is 20.9. The number of hydrogen-bond acceptors (Lipinski definition) is 17. The molecule has 2 aliphatic rings. The maximum Gasteiger partial charge on any atom is 0.419 e. The minimum absolute atomic E-state index is 0.0736.